The molecule has 2 aliphatic heterocycles. The number of nitrogens with zero attached hydrogens (tertiary/aromatic N) is 1. The van der Waals surface area contributed by atoms with E-state index < -0.39 is 23.1 Å². The van der Waals surface area contributed by atoms with Crippen LogP contribution in [0, 0.1) is 5.41 Å². The molecule has 19 heavy (non-hydrogen) atoms. The van der Waals surface area contributed by atoms with Crippen molar-refractivity contribution >= 4 is 5.91 Å². The van der Waals surface area contributed by atoms with E-state index in [4.69, 9.17) is 4.74 Å². The number of carbonyl (C=O) groups is 1. The lowest BCUT2D eigenvalue weighted by atomic mass is 9.84. The van der Waals surface area contributed by atoms with Gasteiger partial charge < -0.3 is 15.0 Å². The van der Waals surface area contributed by atoms with Gasteiger partial charge in [0.2, 0.25) is 5.91 Å². The van der Waals surface area contributed by atoms with Crippen LogP contribution in [0.15, 0.2) is 0 Å². The topological polar surface area (TPSA) is 41.6 Å². The lowest BCUT2D eigenvalue weighted by molar-refractivity contribution is -0.225. The Morgan fingerprint density at radius 3 is 2.53 bits per heavy atom. The third-order valence-electron chi connectivity index (χ3n) is 3.82. The molecule has 7 heteroatoms. The number of rotatable bonds is 1. The highest BCUT2D eigenvalue weighted by molar-refractivity contribution is 5.84. The standard InChI is InChI=1S/C12H19F3N2O2/c1-10(2)8-17(5-6-19-10)9(18)11(12(13,14)15)3-4-16-7-11/h16H,3-8H2,1-2H3. The van der Waals surface area contributed by atoms with E-state index in [1.54, 1.807) is 13.8 Å². The molecule has 1 unspecified atom stereocenters. The molecule has 1 atom stereocenters. The minimum Gasteiger partial charge on any atom is -0.372 e. The highest BCUT2D eigenvalue weighted by atomic mass is 19.4. The first-order valence-corrected chi connectivity index (χ1v) is 6.39. The van der Waals surface area contributed by atoms with Crippen LogP contribution in [0.2, 0.25) is 0 Å². The third kappa shape index (κ3) is 2.58. The minimum atomic E-state index is -4.52. The molecule has 0 bridgehead atoms. The summed E-state index contributed by atoms with van der Waals surface area (Å²) in [6, 6.07) is 0. The Kier molecular flexibility index (Phi) is 3.55. The van der Waals surface area contributed by atoms with Crippen molar-refractivity contribution in [3.8, 4) is 0 Å². The van der Waals surface area contributed by atoms with E-state index in [0.717, 1.165) is 0 Å². The van der Waals surface area contributed by atoms with E-state index in [2.05, 4.69) is 5.32 Å². The number of alkyl halides is 3. The number of nitrogens with one attached hydrogen (secondary N) is 1. The molecule has 0 saturated carbocycles. The van der Waals surface area contributed by atoms with Gasteiger partial charge in [0.1, 0.15) is 0 Å². The Morgan fingerprint density at radius 1 is 1.37 bits per heavy atom. The largest absolute Gasteiger partial charge is 0.404 e. The summed E-state index contributed by atoms with van der Waals surface area (Å²) in [6.07, 6.45) is -4.71. The molecule has 1 amide bonds. The first kappa shape index (κ1) is 14.6. The van der Waals surface area contributed by atoms with Crippen molar-refractivity contribution in [2.24, 2.45) is 5.41 Å². The quantitative estimate of drug-likeness (QED) is 0.784. The molecule has 0 aliphatic carbocycles. The van der Waals surface area contributed by atoms with Crippen LogP contribution in [-0.4, -0.2) is 55.4 Å². The average Bonchev–Trinajstić information content (AvgIpc) is 2.76. The molecule has 0 spiro atoms. The van der Waals surface area contributed by atoms with Crippen LogP contribution < -0.4 is 5.32 Å². The third-order valence-corrected chi connectivity index (χ3v) is 3.82. The Hall–Kier alpha value is -0.820. The number of amides is 1. The van der Waals surface area contributed by atoms with Gasteiger partial charge in [-0.25, -0.2) is 0 Å². The van der Waals surface area contributed by atoms with E-state index >= 15 is 0 Å². The molecule has 2 saturated heterocycles. The Labute approximate surface area is 110 Å². The summed E-state index contributed by atoms with van der Waals surface area (Å²) < 4.78 is 45.3. The van der Waals surface area contributed by atoms with Crippen LogP contribution in [0.25, 0.3) is 0 Å². The normalized spacial score (nSPS) is 31.5. The zero-order chi connectivity index (χ0) is 14.3. The van der Waals surface area contributed by atoms with E-state index in [9.17, 15) is 18.0 Å². The van der Waals surface area contributed by atoms with Crippen LogP contribution in [0.3, 0.4) is 0 Å². The minimum absolute atomic E-state index is 0.187. The zero-order valence-electron chi connectivity index (χ0n) is 11.1. The zero-order valence-corrected chi connectivity index (χ0v) is 11.1. The first-order valence-electron chi connectivity index (χ1n) is 6.39. The SMILES string of the molecule is CC1(C)CN(C(=O)C2(C(F)(F)F)CCNC2)CCO1. The molecule has 2 aliphatic rings. The summed E-state index contributed by atoms with van der Waals surface area (Å²) in [5, 5.41) is 2.66. The molecule has 1 N–H and O–H groups in total. The van der Waals surface area contributed by atoms with Gasteiger partial charge in [-0.1, -0.05) is 0 Å². The van der Waals surface area contributed by atoms with Crippen molar-refractivity contribution in [2.75, 3.05) is 32.8 Å². The van der Waals surface area contributed by atoms with Crippen LogP contribution in [-0.2, 0) is 9.53 Å². The molecule has 2 heterocycles. The Balaban J connectivity index is 2.21. The fourth-order valence-electron chi connectivity index (χ4n) is 2.73. The van der Waals surface area contributed by atoms with E-state index in [1.807, 2.05) is 0 Å². The molecule has 2 fully saturated rings. The molecule has 0 radical (unpaired) electrons. The molecular weight excluding hydrogens is 261 g/mol. The second-order valence-corrected chi connectivity index (χ2v) is 5.84. The van der Waals surface area contributed by atoms with Crippen molar-refractivity contribution in [2.45, 2.75) is 32.0 Å². The number of carbonyl (C=O) groups excluding carboxylic acids is 1. The lowest BCUT2D eigenvalue weighted by Gasteiger charge is -2.42. The molecule has 110 valence electrons. The summed E-state index contributed by atoms with van der Waals surface area (Å²) in [6.45, 7) is 4.15. The van der Waals surface area contributed by atoms with Crippen molar-refractivity contribution < 1.29 is 22.7 Å². The predicted octanol–water partition coefficient (Wildman–Crippen LogP) is 1.17. The number of halogens is 3. The van der Waals surface area contributed by atoms with Gasteiger partial charge in [0.15, 0.2) is 5.41 Å². The second kappa shape index (κ2) is 4.63. The average molecular weight is 280 g/mol. The van der Waals surface area contributed by atoms with E-state index in [-0.39, 0.29) is 39.2 Å². The molecule has 0 aromatic rings. The van der Waals surface area contributed by atoms with Crippen molar-refractivity contribution in [1.29, 1.82) is 0 Å². The monoisotopic (exact) mass is 280 g/mol. The number of morpholine rings is 1. The molecule has 4 nitrogen and oxygen atoms in total. The maximum Gasteiger partial charge on any atom is 0.404 e. The van der Waals surface area contributed by atoms with Crippen LogP contribution in [0.1, 0.15) is 20.3 Å². The maximum atomic E-state index is 13.3. The smallest absolute Gasteiger partial charge is 0.372 e. The van der Waals surface area contributed by atoms with Gasteiger partial charge >= 0.3 is 6.18 Å². The summed E-state index contributed by atoms with van der Waals surface area (Å²) in [5.74, 6) is -0.818. The fourth-order valence-corrected chi connectivity index (χ4v) is 2.73. The number of hydrogen-bond acceptors (Lipinski definition) is 3. The van der Waals surface area contributed by atoms with Crippen LogP contribution in [0.4, 0.5) is 13.2 Å². The molecular formula is C12H19F3N2O2. The van der Waals surface area contributed by atoms with Crippen molar-refractivity contribution in [3.63, 3.8) is 0 Å². The second-order valence-electron chi connectivity index (χ2n) is 5.84. The Bertz CT molecular complexity index is 362. The van der Waals surface area contributed by atoms with Crippen molar-refractivity contribution in [3.05, 3.63) is 0 Å². The Morgan fingerprint density at radius 2 is 2.05 bits per heavy atom. The summed E-state index contributed by atoms with van der Waals surface area (Å²) in [5.41, 5.74) is -2.85. The first-order chi connectivity index (χ1) is 8.68. The van der Waals surface area contributed by atoms with Gasteiger partial charge in [0, 0.05) is 19.6 Å². The summed E-state index contributed by atoms with van der Waals surface area (Å²) >= 11 is 0. The predicted molar refractivity (Wildman–Crippen MR) is 62.6 cm³/mol. The molecule has 0 aromatic carbocycles. The fraction of sp³-hybridized carbons (Fsp3) is 0.917. The van der Waals surface area contributed by atoms with Crippen molar-refractivity contribution in [1.82, 2.24) is 10.2 Å². The van der Waals surface area contributed by atoms with Crippen LogP contribution >= 0.6 is 0 Å². The lowest BCUT2D eigenvalue weighted by Crippen LogP contribution is -2.59. The number of hydrogen-bond donors (Lipinski definition) is 1. The highest BCUT2D eigenvalue weighted by Crippen LogP contribution is 2.44. The van der Waals surface area contributed by atoms with Crippen LogP contribution in [0.5, 0.6) is 0 Å². The van der Waals surface area contributed by atoms with Gasteiger partial charge in [0.25, 0.3) is 0 Å². The number of ether oxygens (including phenoxy) is 1. The van der Waals surface area contributed by atoms with E-state index in [0.29, 0.717) is 0 Å². The van der Waals surface area contributed by atoms with Gasteiger partial charge in [-0.2, -0.15) is 13.2 Å². The van der Waals surface area contributed by atoms with Gasteiger partial charge in [-0.3, -0.25) is 4.79 Å². The van der Waals surface area contributed by atoms with Gasteiger partial charge in [-0.15, -0.1) is 0 Å². The molecule has 0 aromatic heterocycles. The summed E-state index contributed by atoms with van der Waals surface area (Å²) in [7, 11) is 0. The van der Waals surface area contributed by atoms with Gasteiger partial charge in [-0.05, 0) is 26.8 Å². The molecule has 2 rings (SSSR count). The maximum absolute atomic E-state index is 13.3. The van der Waals surface area contributed by atoms with E-state index in [1.165, 1.54) is 4.90 Å². The highest BCUT2D eigenvalue weighted by Gasteiger charge is 2.62. The van der Waals surface area contributed by atoms with Gasteiger partial charge in [0.05, 0.1) is 12.2 Å². The summed E-state index contributed by atoms with van der Waals surface area (Å²) in [4.78, 5) is 13.7.